The number of benzene rings is 1. The summed E-state index contributed by atoms with van der Waals surface area (Å²) in [5, 5.41) is 10.7. The maximum absolute atomic E-state index is 12.5. The molecule has 2 unspecified atom stereocenters. The highest BCUT2D eigenvalue weighted by Crippen LogP contribution is 2.81. The Morgan fingerprint density at radius 1 is 1.21 bits per heavy atom. The van der Waals surface area contributed by atoms with Crippen LogP contribution >= 0.6 is 0 Å². The van der Waals surface area contributed by atoms with Gasteiger partial charge in [0.15, 0.2) is 0 Å². The lowest BCUT2D eigenvalue weighted by Gasteiger charge is -2.52. The minimum Gasteiger partial charge on any atom is -0.393 e. The van der Waals surface area contributed by atoms with E-state index in [2.05, 4.69) is 13.0 Å². The molecule has 6 heteroatoms. The van der Waals surface area contributed by atoms with Gasteiger partial charge in [-0.05, 0) is 103 Å². The fraction of sp³-hybridized carbons (Fsp3) is 0.739. The number of aliphatic hydroxyl groups excluding tert-OH is 1. The quantitative estimate of drug-likeness (QED) is 0.816. The smallest absolute Gasteiger partial charge is 0.385 e. The summed E-state index contributed by atoms with van der Waals surface area (Å²) in [6, 6.07) is 5.95. The summed E-state index contributed by atoms with van der Waals surface area (Å²) in [5.41, 5.74) is 3.11. The number of aliphatic hydroxyl groups is 1. The molecule has 158 valence electrons. The van der Waals surface area contributed by atoms with E-state index in [1.165, 1.54) is 21.9 Å². The van der Waals surface area contributed by atoms with E-state index in [9.17, 15) is 13.5 Å². The Morgan fingerprint density at radius 2 is 2.00 bits per heavy atom. The van der Waals surface area contributed by atoms with Gasteiger partial charge in [0.1, 0.15) is 5.75 Å². The molecule has 5 nitrogen and oxygen atoms in total. The second kappa shape index (κ2) is 5.98. The van der Waals surface area contributed by atoms with Crippen molar-refractivity contribution in [2.24, 2.45) is 22.7 Å². The third-order valence-corrected chi connectivity index (χ3v) is 10.8. The van der Waals surface area contributed by atoms with Crippen LogP contribution in [0.5, 0.6) is 5.75 Å². The van der Waals surface area contributed by atoms with Crippen molar-refractivity contribution in [2.45, 2.75) is 70.3 Å². The third kappa shape index (κ3) is 2.42. The maximum atomic E-state index is 12.5. The summed E-state index contributed by atoms with van der Waals surface area (Å²) in [6.45, 7) is 3.46. The zero-order valence-electron chi connectivity index (χ0n) is 17.1. The zero-order chi connectivity index (χ0) is 20.0. The number of hydrogen-bond acceptors (Lipinski definition) is 4. The molecule has 1 N–H and O–H groups in total. The first-order valence-electron chi connectivity index (χ1n) is 11.4. The van der Waals surface area contributed by atoms with E-state index in [4.69, 9.17) is 4.18 Å². The third-order valence-electron chi connectivity index (χ3n) is 9.40. The van der Waals surface area contributed by atoms with Crippen LogP contribution in [0.25, 0.3) is 0 Å². The number of hydrogen-bond donors (Lipinski definition) is 1. The average Bonchev–Trinajstić information content (AvgIpc) is 3.05. The Bertz CT molecular complexity index is 956. The normalized spacial score (nSPS) is 43.2. The van der Waals surface area contributed by atoms with Gasteiger partial charge in [-0.1, -0.05) is 13.0 Å². The maximum Gasteiger partial charge on any atom is 0.385 e. The molecule has 4 aliphatic carbocycles. The average molecular weight is 418 g/mol. The van der Waals surface area contributed by atoms with E-state index >= 15 is 0 Å². The monoisotopic (exact) mass is 417 g/mol. The minimum atomic E-state index is -3.69. The first kappa shape index (κ1) is 18.6. The van der Waals surface area contributed by atoms with Crippen molar-refractivity contribution in [2.75, 3.05) is 13.1 Å². The van der Waals surface area contributed by atoms with Gasteiger partial charge in [0, 0.05) is 13.1 Å². The van der Waals surface area contributed by atoms with Crippen LogP contribution in [-0.2, 0) is 16.7 Å². The minimum absolute atomic E-state index is 0.100. The summed E-state index contributed by atoms with van der Waals surface area (Å²) in [7, 11) is -3.69. The van der Waals surface area contributed by atoms with Crippen molar-refractivity contribution < 1.29 is 17.7 Å². The standard InChI is InChI=1S/C23H31NO4S/c1-22-9-8-19-18-6-5-17(28-29(26,27)24-10-2-3-11-24)12-15(18)4-7-20(19)23(22)14-16(23)13-21(22)25/h5-6,12,16,19-21,25H,2-4,7-11,13-14H2,1H3/t16-,19?,20?,21+,22-,23+/m1/s1. The van der Waals surface area contributed by atoms with Crippen LogP contribution in [0.4, 0.5) is 0 Å². The molecule has 6 rings (SSSR count). The molecule has 1 saturated heterocycles. The Hall–Kier alpha value is -1.11. The van der Waals surface area contributed by atoms with Crippen molar-refractivity contribution in [3.8, 4) is 5.75 Å². The van der Waals surface area contributed by atoms with Crippen molar-refractivity contribution in [1.29, 1.82) is 0 Å². The van der Waals surface area contributed by atoms with Gasteiger partial charge in [0.2, 0.25) is 0 Å². The second-order valence-electron chi connectivity index (χ2n) is 10.4. The van der Waals surface area contributed by atoms with Crippen LogP contribution in [0.2, 0.25) is 0 Å². The zero-order valence-corrected chi connectivity index (χ0v) is 18.0. The van der Waals surface area contributed by atoms with Crippen LogP contribution < -0.4 is 4.18 Å². The highest BCUT2D eigenvalue weighted by molar-refractivity contribution is 7.84. The number of aryl methyl sites for hydroxylation is 1. The molecule has 0 bridgehead atoms. The van der Waals surface area contributed by atoms with Gasteiger partial charge in [0.25, 0.3) is 0 Å². The first-order valence-corrected chi connectivity index (χ1v) is 12.7. The SMILES string of the molecule is C[C@]12CCC3c4ccc(OS(=O)(=O)N5CCCC5)cc4CCC3[C@@]13C[C@H]3C[C@@H]2O. The van der Waals surface area contributed by atoms with E-state index in [-0.39, 0.29) is 11.5 Å². The summed E-state index contributed by atoms with van der Waals surface area (Å²) in [6.07, 6.45) is 8.35. The second-order valence-corrected chi connectivity index (χ2v) is 11.9. The molecule has 1 spiro atoms. The summed E-state index contributed by atoms with van der Waals surface area (Å²) < 4.78 is 32.0. The molecule has 29 heavy (non-hydrogen) atoms. The molecule has 0 aromatic heterocycles. The Balaban J connectivity index is 1.28. The number of nitrogens with zero attached hydrogens (tertiary/aromatic N) is 1. The molecule has 1 heterocycles. The molecular formula is C23H31NO4S. The fourth-order valence-electron chi connectivity index (χ4n) is 7.91. The van der Waals surface area contributed by atoms with E-state index in [1.54, 1.807) is 0 Å². The van der Waals surface area contributed by atoms with E-state index in [0.29, 0.717) is 42.0 Å². The van der Waals surface area contributed by atoms with E-state index < -0.39 is 10.3 Å². The van der Waals surface area contributed by atoms with Gasteiger partial charge in [-0.3, -0.25) is 0 Å². The summed E-state index contributed by atoms with van der Waals surface area (Å²) in [4.78, 5) is 0. The Kier molecular flexibility index (Phi) is 3.85. The number of rotatable bonds is 3. The van der Waals surface area contributed by atoms with Gasteiger partial charge < -0.3 is 9.29 Å². The van der Waals surface area contributed by atoms with Crippen molar-refractivity contribution in [3.05, 3.63) is 29.3 Å². The summed E-state index contributed by atoms with van der Waals surface area (Å²) in [5.74, 6) is 2.38. The highest BCUT2D eigenvalue weighted by Gasteiger charge is 2.76. The molecule has 3 saturated carbocycles. The van der Waals surface area contributed by atoms with Crippen LogP contribution in [0, 0.1) is 22.7 Å². The van der Waals surface area contributed by atoms with Gasteiger partial charge >= 0.3 is 10.3 Å². The van der Waals surface area contributed by atoms with Crippen molar-refractivity contribution >= 4 is 10.3 Å². The van der Waals surface area contributed by atoms with E-state index in [0.717, 1.165) is 44.9 Å². The number of fused-ring (bicyclic) bond motifs is 3. The lowest BCUT2D eigenvalue weighted by Crippen LogP contribution is -2.47. The van der Waals surface area contributed by atoms with Crippen LogP contribution in [-0.4, -0.2) is 37.0 Å². The molecular weight excluding hydrogens is 386 g/mol. The van der Waals surface area contributed by atoms with Crippen LogP contribution in [0.1, 0.15) is 68.9 Å². The molecule has 0 radical (unpaired) electrons. The van der Waals surface area contributed by atoms with Gasteiger partial charge in [0.05, 0.1) is 6.10 Å². The predicted molar refractivity (Wildman–Crippen MR) is 110 cm³/mol. The van der Waals surface area contributed by atoms with Crippen molar-refractivity contribution in [1.82, 2.24) is 4.31 Å². The highest BCUT2D eigenvalue weighted by atomic mass is 32.2. The van der Waals surface area contributed by atoms with E-state index in [1.807, 2.05) is 12.1 Å². The lowest BCUT2D eigenvalue weighted by molar-refractivity contribution is -0.0558. The fourth-order valence-corrected chi connectivity index (χ4v) is 9.07. The molecule has 0 amide bonds. The van der Waals surface area contributed by atoms with Crippen LogP contribution in [0.3, 0.4) is 0 Å². The molecule has 4 fully saturated rings. The predicted octanol–water partition coefficient (Wildman–Crippen LogP) is 3.62. The topological polar surface area (TPSA) is 66.8 Å². The molecule has 1 aromatic rings. The van der Waals surface area contributed by atoms with Gasteiger partial charge in [-0.25, -0.2) is 0 Å². The molecule has 6 atom stereocenters. The molecule has 1 aliphatic heterocycles. The molecule has 1 aromatic carbocycles. The Labute approximate surface area is 173 Å². The lowest BCUT2D eigenvalue weighted by atomic mass is 9.52. The first-order chi connectivity index (χ1) is 13.8. The summed E-state index contributed by atoms with van der Waals surface area (Å²) >= 11 is 0. The molecule has 5 aliphatic rings. The largest absolute Gasteiger partial charge is 0.393 e. The van der Waals surface area contributed by atoms with Crippen molar-refractivity contribution in [3.63, 3.8) is 0 Å². The van der Waals surface area contributed by atoms with Gasteiger partial charge in [-0.15, -0.1) is 0 Å². The van der Waals surface area contributed by atoms with Crippen LogP contribution in [0.15, 0.2) is 18.2 Å². The van der Waals surface area contributed by atoms with Gasteiger partial charge in [-0.2, -0.15) is 12.7 Å². The Morgan fingerprint density at radius 3 is 2.79 bits per heavy atom.